The van der Waals surface area contributed by atoms with Crippen molar-refractivity contribution in [3.8, 4) is 0 Å². The van der Waals surface area contributed by atoms with Crippen LogP contribution in [0.1, 0.15) is 26.3 Å². The van der Waals surface area contributed by atoms with Crippen LogP contribution in [0.15, 0.2) is 59.3 Å². The lowest BCUT2D eigenvalue weighted by molar-refractivity contribution is -0.145. The highest BCUT2D eigenvalue weighted by molar-refractivity contribution is 7.89. The third kappa shape index (κ3) is 3.86. The predicted octanol–water partition coefficient (Wildman–Crippen LogP) is 2.61. The number of carbonyl (C=O) groups is 2. The van der Waals surface area contributed by atoms with Crippen LogP contribution >= 0.6 is 0 Å². The Labute approximate surface area is 169 Å². The maximum Gasteiger partial charge on any atom is 0.316 e. The second kappa shape index (κ2) is 7.32. The van der Waals surface area contributed by atoms with E-state index in [1.54, 1.807) is 51.1 Å². The number of likely N-dealkylation sites (N-methyl/N-ethyl adjacent to an activating group) is 1. The molecule has 0 radical (unpaired) electrons. The van der Waals surface area contributed by atoms with E-state index in [0.717, 1.165) is 4.31 Å². The molecule has 0 saturated carbocycles. The van der Waals surface area contributed by atoms with Crippen LogP contribution in [0.4, 0.5) is 5.82 Å². The Morgan fingerprint density at radius 2 is 1.72 bits per heavy atom. The van der Waals surface area contributed by atoms with Crippen LogP contribution in [-0.4, -0.2) is 36.6 Å². The van der Waals surface area contributed by atoms with Gasteiger partial charge in [0.15, 0.2) is 11.5 Å². The first-order valence-electron chi connectivity index (χ1n) is 8.81. The van der Waals surface area contributed by atoms with E-state index in [2.05, 4.69) is 10.3 Å². The summed E-state index contributed by atoms with van der Waals surface area (Å²) in [4.78, 5) is 29.5. The minimum Gasteiger partial charge on any atom is -0.423 e. The highest BCUT2D eigenvalue weighted by Gasteiger charge is 2.40. The van der Waals surface area contributed by atoms with Gasteiger partial charge in [-0.05, 0) is 45.0 Å². The van der Waals surface area contributed by atoms with E-state index in [1.807, 2.05) is 0 Å². The molecule has 0 fully saturated rings. The molecule has 0 spiro atoms. The van der Waals surface area contributed by atoms with Crippen LogP contribution in [-0.2, 0) is 24.3 Å². The van der Waals surface area contributed by atoms with Gasteiger partial charge in [0.25, 0.3) is 15.9 Å². The van der Waals surface area contributed by atoms with Crippen LogP contribution in [0.3, 0.4) is 0 Å². The molecule has 3 rings (SSSR count). The fraction of sp³-hybridized carbons (Fsp3) is 0.250. The molecule has 0 aliphatic carbocycles. The summed E-state index contributed by atoms with van der Waals surface area (Å²) in [6.45, 7) is 5.00. The quantitative estimate of drug-likeness (QED) is 0.773. The summed E-state index contributed by atoms with van der Waals surface area (Å²) in [5.41, 5.74) is -1.01. The molecule has 1 aromatic carbocycles. The lowest BCUT2D eigenvalue weighted by Gasteiger charge is -2.31. The van der Waals surface area contributed by atoms with Crippen molar-refractivity contribution in [2.75, 3.05) is 12.4 Å². The number of pyridine rings is 1. The number of fused-ring (bicyclic) bond motifs is 1. The van der Waals surface area contributed by atoms with Gasteiger partial charge in [-0.1, -0.05) is 18.2 Å². The summed E-state index contributed by atoms with van der Waals surface area (Å²) >= 11 is 0. The molecular formula is C20H21N3O5S. The van der Waals surface area contributed by atoms with Crippen LogP contribution in [0.2, 0.25) is 0 Å². The average molecular weight is 415 g/mol. The summed E-state index contributed by atoms with van der Waals surface area (Å²) in [7, 11) is -2.77. The molecule has 2 aromatic rings. The van der Waals surface area contributed by atoms with Gasteiger partial charge in [0.2, 0.25) is 0 Å². The minimum absolute atomic E-state index is 0.0476. The zero-order valence-electron chi connectivity index (χ0n) is 16.5. The van der Waals surface area contributed by atoms with Gasteiger partial charge in [0.05, 0.1) is 10.3 Å². The molecule has 0 atom stereocenters. The van der Waals surface area contributed by atoms with Gasteiger partial charge in [0, 0.05) is 18.8 Å². The molecule has 1 aliphatic heterocycles. The summed E-state index contributed by atoms with van der Waals surface area (Å²) in [6, 6.07) is 11.0. The van der Waals surface area contributed by atoms with E-state index in [4.69, 9.17) is 4.74 Å². The number of sulfonamides is 1. The van der Waals surface area contributed by atoms with E-state index >= 15 is 0 Å². The second-order valence-electron chi connectivity index (χ2n) is 7.46. The predicted molar refractivity (Wildman–Crippen MR) is 107 cm³/mol. The second-order valence-corrected chi connectivity index (χ2v) is 9.39. The molecule has 2 heterocycles. The smallest absolute Gasteiger partial charge is 0.316 e. The summed E-state index contributed by atoms with van der Waals surface area (Å²) in [5, 5.41) is 2.55. The fourth-order valence-corrected chi connectivity index (χ4v) is 4.02. The third-order valence-corrected chi connectivity index (χ3v) is 6.04. The van der Waals surface area contributed by atoms with E-state index < -0.39 is 27.3 Å². The summed E-state index contributed by atoms with van der Waals surface area (Å²) in [5.74, 6) is -1.25. The lowest BCUT2D eigenvalue weighted by Crippen LogP contribution is -2.38. The van der Waals surface area contributed by atoms with E-state index in [1.165, 1.54) is 25.4 Å². The van der Waals surface area contributed by atoms with Gasteiger partial charge in [-0.25, -0.2) is 13.4 Å². The first kappa shape index (κ1) is 20.5. The number of aromatic nitrogens is 1. The zero-order chi connectivity index (χ0) is 21.4. The lowest BCUT2D eigenvalue weighted by atomic mass is 9.97. The normalized spacial score (nSPS) is 15.5. The topological polar surface area (TPSA) is 106 Å². The molecule has 1 aromatic heterocycles. The molecule has 29 heavy (non-hydrogen) atoms. The highest BCUT2D eigenvalue weighted by atomic mass is 32.2. The summed E-state index contributed by atoms with van der Waals surface area (Å²) in [6.07, 6.45) is 1.49. The molecular weight excluding hydrogens is 394 g/mol. The third-order valence-electron chi connectivity index (χ3n) is 4.23. The van der Waals surface area contributed by atoms with E-state index in [9.17, 15) is 18.0 Å². The van der Waals surface area contributed by atoms with Crippen molar-refractivity contribution in [2.45, 2.75) is 25.7 Å². The van der Waals surface area contributed by atoms with Crippen LogP contribution in [0, 0.1) is 5.41 Å². The molecule has 0 saturated heterocycles. The summed E-state index contributed by atoms with van der Waals surface area (Å²) < 4.78 is 32.3. The van der Waals surface area contributed by atoms with Gasteiger partial charge in [-0.15, -0.1) is 0 Å². The Morgan fingerprint density at radius 1 is 1.07 bits per heavy atom. The van der Waals surface area contributed by atoms with Gasteiger partial charge in [-0.3, -0.25) is 13.9 Å². The van der Waals surface area contributed by atoms with Crippen molar-refractivity contribution >= 4 is 33.5 Å². The molecule has 1 aliphatic rings. The molecule has 8 nitrogen and oxygen atoms in total. The Bertz CT molecular complexity index is 1100. The van der Waals surface area contributed by atoms with Gasteiger partial charge < -0.3 is 10.1 Å². The van der Waals surface area contributed by atoms with Crippen molar-refractivity contribution in [1.82, 2.24) is 9.29 Å². The maximum atomic E-state index is 13.0. The fourth-order valence-electron chi connectivity index (χ4n) is 2.62. The number of hydrogen-bond acceptors (Lipinski definition) is 6. The first-order chi connectivity index (χ1) is 13.5. The number of amides is 1. The Hall–Kier alpha value is -3.20. The molecule has 0 unspecified atom stereocenters. The molecule has 0 bridgehead atoms. The SMILES string of the molecule is CN1C(C(=O)Nc2ccccn2)=C(OC(=O)C(C)(C)C)c2ccccc2S1(=O)=O. The Kier molecular flexibility index (Phi) is 5.18. The van der Waals surface area contributed by atoms with Gasteiger partial charge in [0.1, 0.15) is 5.82 Å². The Morgan fingerprint density at radius 3 is 2.34 bits per heavy atom. The van der Waals surface area contributed by atoms with Crippen molar-refractivity contribution < 1.29 is 22.7 Å². The van der Waals surface area contributed by atoms with Gasteiger partial charge in [-0.2, -0.15) is 0 Å². The van der Waals surface area contributed by atoms with Crippen LogP contribution in [0.25, 0.3) is 5.76 Å². The molecule has 1 N–H and O–H groups in total. The number of hydrogen-bond donors (Lipinski definition) is 1. The minimum atomic E-state index is -4.01. The largest absolute Gasteiger partial charge is 0.423 e. The number of esters is 1. The monoisotopic (exact) mass is 415 g/mol. The van der Waals surface area contributed by atoms with Crippen LogP contribution < -0.4 is 5.32 Å². The molecule has 1 amide bonds. The Balaban J connectivity index is 2.19. The number of rotatable bonds is 3. The zero-order valence-corrected chi connectivity index (χ0v) is 17.3. The highest BCUT2D eigenvalue weighted by Crippen LogP contribution is 2.38. The standard InChI is InChI=1S/C20H21N3O5S/c1-20(2,3)19(25)28-17-13-9-5-6-10-14(13)29(26,27)23(4)16(17)18(24)22-15-11-7-8-12-21-15/h5-12H,1-4H3,(H,21,22,24). The number of nitrogens with one attached hydrogen (secondary N) is 1. The number of carbonyl (C=O) groups excluding carboxylic acids is 2. The van der Waals surface area contributed by atoms with Crippen LogP contribution in [0.5, 0.6) is 0 Å². The maximum absolute atomic E-state index is 13.0. The van der Waals surface area contributed by atoms with Crippen molar-refractivity contribution in [3.63, 3.8) is 0 Å². The number of benzene rings is 1. The molecule has 9 heteroatoms. The molecule has 152 valence electrons. The van der Waals surface area contributed by atoms with Crippen molar-refractivity contribution in [3.05, 3.63) is 59.9 Å². The average Bonchev–Trinajstić information content (AvgIpc) is 2.66. The number of ether oxygens (including phenoxy) is 1. The van der Waals surface area contributed by atoms with E-state index in [-0.39, 0.29) is 27.7 Å². The van der Waals surface area contributed by atoms with E-state index in [0.29, 0.717) is 0 Å². The number of nitrogens with zero attached hydrogens (tertiary/aromatic N) is 2. The van der Waals surface area contributed by atoms with Crippen molar-refractivity contribution in [1.29, 1.82) is 0 Å². The first-order valence-corrected chi connectivity index (χ1v) is 10.2. The van der Waals surface area contributed by atoms with Crippen molar-refractivity contribution in [2.24, 2.45) is 5.41 Å². The number of anilines is 1. The van der Waals surface area contributed by atoms with Gasteiger partial charge >= 0.3 is 5.97 Å².